The van der Waals surface area contributed by atoms with Crippen LogP contribution in [-0.2, 0) is 5.41 Å². The highest BCUT2D eigenvalue weighted by atomic mass is 16.5. The molecule has 0 heterocycles. The van der Waals surface area contributed by atoms with Gasteiger partial charge in [0.15, 0.2) is 0 Å². The van der Waals surface area contributed by atoms with Gasteiger partial charge in [0.05, 0.1) is 7.11 Å². The maximum absolute atomic E-state index is 5.28. The van der Waals surface area contributed by atoms with Gasteiger partial charge in [-0.1, -0.05) is 31.4 Å². The molecule has 0 atom stereocenters. The Hall–Kier alpha value is -1.02. The number of nitrogens with zero attached hydrogens (tertiary/aromatic N) is 1. The first-order valence-electron chi connectivity index (χ1n) is 7.46. The van der Waals surface area contributed by atoms with Crippen molar-refractivity contribution >= 4 is 0 Å². The van der Waals surface area contributed by atoms with E-state index < -0.39 is 0 Å². The molecule has 0 bridgehead atoms. The van der Waals surface area contributed by atoms with Crippen molar-refractivity contribution in [1.29, 1.82) is 0 Å². The Morgan fingerprint density at radius 2 is 1.68 bits per heavy atom. The Morgan fingerprint density at radius 3 is 2.21 bits per heavy atom. The molecule has 0 saturated heterocycles. The predicted octanol–water partition coefficient (Wildman–Crippen LogP) is 3.85. The Bertz CT molecular complexity index is 377. The van der Waals surface area contributed by atoms with E-state index in [2.05, 4.69) is 43.3 Å². The molecule has 0 aliphatic heterocycles. The first-order valence-corrected chi connectivity index (χ1v) is 7.46. The zero-order valence-electron chi connectivity index (χ0n) is 12.6. The third-order valence-electron chi connectivity index (χ3n) is 4.55. The summed E-state index contributed by atoms with van der Waals surface area (Å²) in [5.74, 6) is 0.960. The molecule has 0 amide bonds. The number of hydrogen-bond acceptors (Lipinski definition) is 2. The maximum Gasteiger partial charge on any atom is 0.118 e. The lowest BCUT2D eigenvalue weighted by molar-refractivity contribution is 0.241. The summed E-state index contributed by atoms with van der Waals surface area (Å²) >= 11 is 0. The van der Waals surface area contributed by atoms with Gasteiger partial charge in [0, 0.05) is 0 Å². The molecule has 1 saturated carbocycles. The van der Waals surface area contributed by atoms with Crippen LogP contribution in [0, 0.1) is 0 Å². The average molecular weight is 261 g/mol. The van der Waals surface area contributed by atoms with Crippen LogP contribution in [0.3, 0.4) is 0 Å². The number of hydrogen-bond donors (Lipinski definition) is 0. The van der Waals surface area contributed by atoms with Crippen molar-refractivity contribution in [1.82, 2.24) is 4.90 Å². The molecule has 0 N–H and O–H groups in total. The van der Waals surface area contributed by atoms with E-state index in [9.17, 15) is 0 Å². The van der Waals surface area contributed by atoms with Crippen molar-refractivity contribution in [2.24, 2.45) is 0 Å². The molecule has 1 aliphatic rings. The molecule has 2 heteroatoms. The number of methoxy groups -OCH3 is 1. The van der Waals surface area contributed by atoms with Crippen molar-refractivity contribution in [3.05, 3.63) is 29.8 Å². The van der Waals surface area contributed by atoms with Gasteiger partial charge in [-0.2, -0.15) is 0 Å². The Morgan fingerprint density at radius 1 is 1.05 bits per heavy atom. The van der Waals surface area contributed by atoms with Crippen LogP contribution >= 0.6 is 0 Å². The second kappa shape index (κ2) is 6.42. The van der Waals surface area contributed by atoms with Gasteiger partial charge < -0.3 is 9.64 Å². The van der Waals surface area contributed by atoms with E-state index in [1.165, 1.54) is 50.6 Å². The van der Waals surface area contributed by atoms with E-state index >= 15 is 0 Å². The van der Waals surface area contributed by atoms with Crippen LogP contribution in [0.1, 0.15) is 44.1 Å². The lowest BCUT2D eigenvalue weighted by atomic mass is 9.67. The summed E-state index contributed by atoms with van der Waals surface area (Å²) in [5.41, 5.74) is 1.91. The van der Waals surface area contributed by atoms with Crippen LogP contribution in [0.25, 0.3) is 0 Å². The summed E-state index contributed by atoms with van der Waals surface area (Å²) in [6.07, 6.45) is 8.10. The average Bonchev–Trinajstić information content (AvgIpc) is 2.46. The fourth-order valence-electron chi connectivity index (χ4n) is 3.29. The largest absolute Gasteiger partial charge is 0.497 e. The fraction of sp³-hybridized carbons (Fsp3) is 0.647. The van der Waals surface area contributed by atoms with Gasteiger partial charge >= 0.3 is 0 Å². The molecule has 0 spiro atoms. The standard InChI is InChI=1S/C17H27NO/c1-18(2)14-13-17(11-5-4-6-12-17)15-7-9-16(19-3)10-8-15/h7-10H,4-6,11-14H2,1-3H3. The smallest absolute Gasteiger partial charge is 0.118 e. The van der Waals surface area contributed by atoms with Gasteiger partial charge in [-0.25, -0.2) is 0 Å². The van der Waals surface area contributed by atoms with E-state index in [1.807, 2.05) is 0 Å². The van der Waals surface area contributed by atoms with Crippen LogP contribution in [-0.4, -0.2) is 32.6 Å². The first-order chi connectivity index (χ1) is 9.16. The summed E-state index contributed by atoms with van der Waals surface area (Å²) in [7, 11) is 6.08. The predicted molar refractivity (Wildman–Crippen MR) is 80.9 cm³/mol. The van der Waals surface area contributed by atoms with Crippen molar-refractivity contribution in [3.8, 4) is 5.75 Å². The molecule has 0 radical (unpaired) electrons. The summed E-state index contributed by atoms with van der Waals surface area (Å²) in [5, 5.41) is 0. The number of rotatable bonds is 5. The van der Waals surface area contributed by atoms with Crippen LogP contribution in [0.5, 0.6) is 5.75 Å². The molecule has 0 unspecified atom stereocenters. The maximum atomic E-state index is 5.28. The Labute approximate surface area is 117 Å². The highest BCUT2D eigenvalue weighted by Crippen LogP contribution is 2.42. The second-order valence-electron chi connectivity index (χ2n) is 6.12. The first kappa shape index (κ1) is 14.4. The summed E-state index contributed by atoms with van der Waals surface area (Å²) in [4.78, 5) is 2.31. The Kier molecular flexibility index (Phi) is 4.87. The van der Waals surface area contributed by atoms with Gasteiger partial charge in [0.1, 0.15) is 5.75 Å². The van der Waals surface area contributed by atoms with Crippen molar-refractivity contribution < 1.29 is 4.74 Å². The van der Waals surface area contributed by atoms with Crippen molar-refractivity contribution in [2.75, 3.05) is 27.7 Å². The minimum Gasteiger partial charge on any atom is -0.497 e. The summed E-state index contributed by atoms with van der Waals surface area (Å²) in [6.45, 7) is 1.17. The van der Waals surface area contributed by atoms with Gasteiger partial charge in [-0.05, 0) is 63.0 Å². The summed E-state index contributed by atoms with van der Waals surface area (Å²) in [6, 6.07) is 8.78. The number of benzene rings is 1. The van der Waals surface area contributed by atoms with Gasteiger partial charge in [0.25, 0.3) is 0 Å². The second-order valence-corrected chi connectivity index (χ2v) is 6.12. The van der Waals surface area contributed by atoms with Gasteiger partial charge in [-0.3, -0.25) is 0 Å². The molecular formula is C17H27NO. The van der Waals surface area contributed by atoms with Crippen LogP contribution < -0.4 is 4.74 Å². The summed E-state index contributed by atoms with van der Waals surface area (Å²) < 4.78 is 5.28. The Balaban J connectivity index is 2.19. The van der Waals surface area contributed by atoms with E-state index in [0.717, 1.165) is 5.75 Å². The van der Waals surface area contributed by atoms with Crippen molar-refractivity contribution in [3.63, 3.8) is 0 Å². The molecule has 19 heavy (non-hydrogen) atoms. The minimum atomic E-state index is 0.398. The lowest BCUT2D eigenvalue weighted by Crippen LogP contribution is -2.33. The van der Waals surface area contributed by atoms with Crippen LogP contribution in [0.15, 0.2) is 24.3 Å². The molecule has 0 aromatic heterocycles. The monoisotopic (exact) mass is 261 g/mol. The highest BCUT2D eigenvalue weighted by molar-refractivity contribution is 5.33. The van der Waals surface area contributed by atoms with E-state index in [-0.39, 0.29) is 0 Å². The quantitative estimate of drug-likeness (QED) is 0.798. The number of ether oxygens (including phenoxy) is 1. The van der Waals surface area contributed by atoms with Gasteiger partial charge in [0.2, 0.25) is 0 Å². The molecular weight excluding hydrogens is 234 g/mol. The van der Waals surface area contributed by atoms with Gasteiger partial charge in [-0.15, -0.1) is 0 Å². The zero-order valence-corrected chi connectivity index (χ0v) is 12.6. The molecule has 1 fully saturated rings. The molecule has 106 valence electrons. The topological polar surface area (TPSA) is 12.5 Å². The van der Waals surface area contributed by atoms with Crippen LogP contribution in [0.4, 0.5) is 0 Å². The van der Waals surface area contributed by atoms with E-state index in [0.29, 0.717) is 5.41 Å². The zero-order chi connectivity index (χ0) is 13.7. The molecule has 1 aromatic carbocycles. The fourth-order valence-corrected chi connectivity index (χ4v) is 3.29. The molecule has 1 aliphatic carbocycles. The van der Waals surface area contributed by atoms with E-state index in [1.54, 1.807) is 7.11 Å². The lowest BCUT2D eigenvalue weighted by Gasteiger charge is -2.39. The molecule has 1 aromatic rings. The third-order valence-corrected chi connectivity index (χ3v) is 4.55. The minimum absolute atomic E-state index is 0.398. The van der Waals surface area contributed by atoms with Crippen molar-refractivity contribution in [2.45, 2.75) is 43.9 Å². The van der Waals surface area contributed by atoms with E-state index in [4.69, 9.17) is 4.74 Å². The normalized spacial score (nSPS) is 18.5. The molecule has 2 nitrogen and oxygen atoms in total. The highest BCUT2D eigenvalue weighted by Gasteiger charge is 2.33. The SMILES string of the molecule is COc1ccc(C2(CCN(C)C)CCCCC2)cc1. The molecule has 2 rings (SSSR count). The van der Waals surface area contributed by atoms with Crippen LogP contribution in [0.2, 0.25) is 0 Å². The third kappa shape index (κ3) is 3.50.